The van der Waals surface area contributed by atoms with Gasteiger partial charge in [0.05, 0.1) is 0 Å². The van der Waals surface area contributed by atoms with Crippen LogP contribution in [-0.2, 0) is 6.54 Å². The number of nitrogens with zero attached hydrogens (tertiary/aromatic N) is 2. The molecule has 0 radical (unpaired) electrons. The molecule has 1 N–H and O–H groups in total. The van der Waals surface area contributed by atoms with Gasteiger partial charge < -0.3 is 5.32 Å². The van der Waals surface area contributed by atoms with Crippen molar-refractivity contribution in [3.8, 4) is 0 Å². The van der Waals surface area contributed by atoms with Crippen molar-refractivity contribution in [2.24, 2.45) is 0 Å². The molecule has 0 aliphatic rings. The van der Waals surface area contributed by atoms with Gasteiger partial charge in [0.2, 0.25) is 0 Å². The number of nitrogens with one attached hydrogen (secondary N) is 1. The molecule has 0 aliphatic heterocycles. The Morgan fingerprint density at radius 2 is 2.06 bits per heavy atom. The molecule has 0 bridgehead atoms. The maximum Gasteiger partial charge on any atom is 0.272 e. The minimum atomic E-state index is -0.207. The minimum Gasteiger partial charge on any atom is -0.347 e. The summed E-state index contributed by atoms with van der Waals surface area (Å²) in [6.07, 6.45) is 1.54. The second-order valence-corrected chi connectivity index (χ2v) is 3.72. The van der Waals surface area contributed by atoms with E-state index in [-0.39, 0.29) is 5.91 Å². The van der Waals surface area contributed by atoms with Crippen LogP contribution in [0.2, 0.25) is 0 Å². The highest BCUT2D eigenvalue weighted by molar-refractivity contribution is 5.91. The van der Waals surface area contributed by atoms with Crippen LogP contribution in [0.1, 0.15) is 21.6 Å². The first kappa shape index (κ1) is 11.3. The molecule has 1 aromatic carbocycles. The van der Waals surface area contributed by atoms with Crippen molar-refractivity contribution in [2.75, 3.05) is 0 Å². The highest BCUT2D eigenvalue weighted by Gasteiger charge is 2.06. The summed E-state index contributed by atoms with van der Waals surface area (Å²) in [6.45, 7) is 2.52. The summed E-state index contributed by atoms with van der Waals surface area (Å²) in [5.74, 6) is -0.207. The summed E-state index contributed by atoms with van der Waals surface area (Å²) in [5, 5.41) is 10.2. The molecule has 0 unspecified atom stereocenters. The van der Waals surface area contributed by atoms with Crippen LogP contribution in [0.15, 0.2) is 42.6 Å². The van der Waals surface area contributed by atoms with E-state index in [0.29, 0.717) is 12.2 Å². The zero-order chi connectivity index (χ0) is 12.1. The van der Waals surface area contributed by atoms with E-state index in [1.165, 1.54) is 6.20 Å². The van der Waals surface area contributed by atoms with E-state index < -0.39 is 0 Å². The molecule has 86 valence electrons. The van der Waals surface area contributed by atoms with Crippen LogP contribution in [0.4, 0.5) is 0 Å². The van der Waals surface area contributed by atoms with Gasteiger partial charge in [0.25, 0.3) is 5.91 Å². The van der Waals surface area contributed by atoms with Gasteiger partial charge in [-0.3, -0.25) is 4.79 Å². The number of aromatic nitrogens is 2. The number of aryl methyl sites for hydroxylation is 1. The van der Waals surface area contributed by atoms with E-state index in [2.05, 4.69) is 15.5 Å². The Bertz CT molecular complexity index is 511. The van der Waals surface area contributed by atoms with Gasteiger partial charge in [0.1, 0.15) is 0 Å². The summed E-state index contributed by atoms with van der Waals surface area (Å²) >= 11 is 0. The topological polar surface area (TPSA) is 54.9 Å². The molecule has 0 atom stereocenters. The first-order valence-corrected chi connectivity index (χ1v) is 5.38. The van der Waals surface area contributed by atoms with Gasteiger partial charge in [-0.2, -0.15) is 5.10 Å². The predicted octanol–water partition coefficient (Wildman–Crippen LogP) is 1.72. The van der Waals surface area contributed by atoms with Crippen molar-refractivity contribution in [1.29, 1.82) is 0 Å². The molecule has 2 rings (SSSR count). The van der Waals surface area contributed by atoms with Crippen LogP contribution in [0.3, 0.4) is 0 Å². The Labute approximate surface area is 99.7 Å². The van der Waals surface area contributed by atoms with Gasteiger partial charge in [-0.25, -0.2) is 0 Å². The fraction of sp³-hybridized carbons (Fsp3) is 0.154. The Morgan fingerprint density at radius 1 is 1.24 bits per heavy atom. The fourth-order valence-corrected chi connectivity index (χ4v) is 1.50. The van der Waals surface area contributed by atoms with Gasteiger partial charge in [-0.1, -0.05) is 24.3 Å². The third-order valence-corrected chi connectivity index (χ3v) is 2.51. The maximum atomic E-state index is 11.7. The Morgan fingerprint density at radius 3 is 2.76 bits per heavy atom. The maximum absolute atomic E-state index is 11.7. The molecule has 4 heteroatoms. The van der Waals surface area contributed by atoms with Crippen molar-refractivity contribution in [3.63, 3.8) is 0 Å². The predicted molar refractivity (Wildman–Crippen MR) is 64.4 cm³/mol. The molecule has 0 saturated carbocycles. The van der Waals surface area contributed by atoms with Crippen LogP contribution in [-0.4, -0.2) is 16.1 Å². The van der Waals surface area contributed by atoms with Gasteiger partial charge in [0, 0.05) is 12.7 Å². The molecule has 0 spiro atoms. The van der Waals surface area contributed by atoms with E-state index in [1.807, 2.05) is 31.2 Å². The van der Waals surface area contributed by atoms with Crippen molar-refractivity contribution in [2.45, 2.75) is 13.5 Å². The van der Waals surface area contributed by atoms with Crippen LogP contribution in [0.25, 0.3) is 0 Å². The number of rotatable bonds is 3. The number of hydrogen-bond donors (Lipinski definition) is 1. The van der Waals surface area contributed by atoms with E-state index >= 15 is 0 Å². The smallest absolute Gasteiger partial charge is 0.272 e. The normalized spacial score (nSPS) is 9.94. The lowest BCUT2D eigenvalue weighted by Gasteiger charge is -2.06. The molecule has 0 saturated heterocycles. The van der Waals surface area contributed by atoms with Crippen molar-refractivity contribution >= 4 is 5.91 Å². The number of amides is 1. The average molecular weight is 227 g/mol. The molecular weight excluding hydrogens is 214 g/mol. The third-order valence-electron chi connectivity index (χ3n) is 2.51. The van der Waals surface area contributed by atoms with Gasteiger partial charge >= 0.3 is 0 Å². The zero-order valence-electron chi connectivity index (χ0n) is 9.55. The monoisotopic (exact) mass is 227 g/mol. The lowest BCUT2D eigenvalue weighted by molar-refractivity contribution is 0.0945. The van der Waals surface area contributed by atoms with Crippen LogP contribution < -0.4 is 5.32 Å². The fourth-order valence-electron chi connectivity index (χ4n) is 1.50. The average Bonchev–Trinajstić information content (AvgIpc) is 2.38. The largest absolute Gasteiger partial charge is 0.347 e. The summed E-state index contributed by atoms with van der Waals surface area (Å²) in [7, 11) is 0. The second kappa shape index (κ2) is 5.21. The first-order chi connectivity index (χ1) is 8.27. The molecule has 1 heterocycles. The van der Waals surface area contributed by atoms with E-state index in [1.54, 1.807) is 12.1 Å². The number of benzene rings is 1. The van der Waals surface area contributed by atoms with E-state index in [9.17, 15) is 4.79 Å². The standard InChI is InChI=1S/C13H13N3O/c1-10-5-2-3-6-11(10)9-14-13(17)12-7-4-8-15-16-12/h2-8H,9H2,1H3,(H,14,17). The third kappa shape index (κ3) is 2.87. The lowest BCUT2D eigenvalue weighted by Crippen LogP contribution is -2.24. The molecular formula is C13H13N3O. The van der Waals surface area contributed by atoms with Gasteiger partial charge in [-0.05, 0) is 30.2 Å². The molecule has 1 aromatic heterocycles. The number of hydrogen-bond acceptors (Lipinski definition) is 3. The van der Waals surface area contributed by atoms with Crippen molar-refractivity contribution in [1.82, 2.24) is 15.5 Å². The van der Waals surface area contributed by atoms with Crippen LogP contribution >= 0.6 is 0 Å². The number of carbonyl (C=O) groups is 1. The lowest BCUT2D eigenvalue weighted by atomic mass is 10.1. The van der Waals surface area contributed by atoms with Gasteiger partial charge in [0.15, 0.2) is 5.69 Å². The second-order valence-electron chi connectivity index (χ2n) is 3.72. The molecule has 4 nitrogen and oxygen atoms in total. The number of carbonyl (C=O) groups excluding carboxylic acids is 1. The Kier molecular flexibility index (Phi) is 3.45. The summed E-state index contributed by atoms with van der Waals surface area (Å²) < 4.78 is 0. The highest BCUT2D eigenvalue weighted by atomic mass is 16.1. The SMILES string of the molecule is Cc1ccccc1CNC(=O)c1cccnn1. The van der Waals surface area contributed by atoms with Crippen LogP contribution in [0.5, 0.6) is 0 Å². The van der Waals surface area contributed by atoms with Gasteiger partial charge in [-0.15, -0.1) is 5.10 Å². The highest BCUT2D eigenvalue weighted by Crippen LogP contribution is 2.06. The zero-order valence-corrected chi connectivity index (χ0v) is 9.55. The Hall–Kier alpha value is -2.23. The molecule has 1 amide bonds. The Balaban J connectivity index is 2.00. The van der Waals surface area contributed by atoms with E-state index in [4.69, 9.17) is 0 Å². The summed E-state index contributed by atoms with van der Waals surface area (Å²) in [5.41, 5.74) is 2.60. The van der Waals surface area contributed by atoms with Crippen molar-refractivity contribution < 1.29 is 4.79 Å². The van der Waals surface area contributed by atoms with Crippen molar-refractivity contribution in [3.05, 3.63) is 59.4 Å². The molecule has 17 heavy (non-hydrogen) atoms. The summed E-state index contributed by atoms with van der Waals surface area (Å²) in [6, 6.07) is 11.3. The molecule has 0 aliphatic carbocycles. The molecule has 0 fully saturated rings. The minimum absolute atomic E-state index is 0.207. The quantitative estimate of drug-likeness (QED) is 0.868. The summed E-state index contributed by atoms with van der Waals surface area (Å²) in [4.78, 5) is 11.7. The first-order valence-electron chi connectivity index (χ1n) is 5.38. The van der Waals surface area contributed by atoms with Crippen LogP contribution in [0, 0.1) is 6.92 Å². The molecule has 2 aromatic rings. The van der Waals surface area contributed by atoms with E-state index in [0.717, 1.165) is 11.1 Å².